The van der Waals surface area contributed by atoms with Crippen molar-refractivity contribution in [2.45, 2.75) is 33.6 Å². The van der Waals surface area contributed by atoms with Gasteiger partial charge in [-0.2, -0.15) is 0 Å². The maximum Gasteiger partial charge on any atom is 0.309 e. The fourth-order valence-corrected chi connectivity index (χ4v) is 4.36. The van der Waals surface area contributed by atoms with Gasteiger partial charge in [-0.15, -0.1) is 0 Å². The Kier molecular flexibility index (Phi) is 1.79. The first-order valence-corrected chi connectivity index (χ1v) is 6.15. The molecule has 0 N–H and O–H groups in total. The van der Waals surface area contributed by atoms with Crippen molar-refractivity contribution >= 4 is 5.97 Å². The predicted molar refractivity (Wildman–Crippen MR) is 57.1 cm³/mol. The van der Waals surface area contributed by atoms with Gasteiger partial charge in [0.1, 0.15) is 0 Å². The summed E-state index contributed by atoms with van der Waals surface area (Å²) < 4.78 is 5.22. The zero-order valence-electron chi connectivity index (χ0n) is 9.82. The van der Waals surface area contributed by atoms with E-state index in [1.165, 1.54) is 12.8 Å². The topological polar surface area (TPSA) is 26.3 Å². The zero-order chi connectivity index (χ0) is 10.8. The van der Waals surface area contributed by atoms with Crippen LogP contribution in [0.15, 0.2) is 0 Å². The Morgan fingerprint density at radius 3 is 2.60 bits per heavy atom. The fourth-order valence-electron chi connectivity index (χ4n) is 4.36. The highest BCUT2D eigenvalue weighted by molar-refractivity contribution is 5.76. The van der Waals surface area contributed by atoms with Crippen LogP contribution < -0.4 is 0 Å². The molecule has 0 radical (unpaired) electrons. The largest absolute Gasteiger partial charge is 0.465 e. The Bertz CT molecular complexity index is 302. The average Bonchev–Trinajstić information content (AvgIpc) is 2.73. The number of rotatable bonds is 0. The van der Waals surface area contributed by atoms with Crippen LogP contribution in [0.25, 0.3) is 0 Å². The molecule has 15 heavy (non-hydrogen) atoms. The smallest absolute Gasteiger partial charge is 0.309 e. The van der Waals surface area contributed by atoms with Crippen molar-refractivity contribution in [3.63, 3.8) is 0 Å². The molecule has 5 atom stereocenters. The van der Waals surface area contributed by atoms with Crippen LogP contribution in [0.5, 0.6) is 0 Å². The van der Waals surface area contributed by atoms with E-state index in [1.807, 2.05) is 0 Å². The van der Waals surface area contributed by atoms with Crippen molar-refractivity contribution in [1.82, 2.24) is 0 Å². The lowest BCUT2D eigenvalue weighted by Crippen LogP contribution is -2.35. The number of hydrogen-bond donors (Lipinski definition) is 0. The molecule has 3 fully saturated rings. The molecule has 1 heterocycles. The van der Waals surface area contributed by atoms with Crippen LogP contribution in [0.3, 0.4) is 0 Å². The molecule has 3 aliphatic rings. The van der Waals surface area contributed by atoms with Gasteiger partial charge in [-0.25, -0.2) is 0 Å². The molecule has 2 aliphatic carbocycles. The normalized spacial score (nSPS) is 48.2. The van der Waals surface area contributed by atoms with E-state index in [-0.39, 0.29) is 11.9 Å². The molecule has 5 unspecified atom stereocenters. The van der Waals surface area contributed by atoms with E-state index in [9.17, 15) is 4.79 Å². The van der Waals surface area contributed by atoms with Gasteiger partial charge >= 0.3 is 5.97 Å². The summed E-state index contributed by atoms with van der Waals surface area (Å²) in [6.07, 6.45) is 2.54. The van der Waals surface area contributed by atoms with Crippen LogP contribution in [-0.4, -0.2) is 12.6 Å². The summed E-state index contributed by atoms with van der Waals surface area (Å²) in [6, 6.07) is 0. The third-order valence-electron chi connectivity index (χ3n) is 4.97. The number of esters is 1. The van der Waals surface area contributed by atoms with Crippen molar-refractivity contribution in [2.24, 2.45) is 35.0 Å². The van der Waals surface area contributed by atoms with Crippen LogP contribution in [0.1, 0.15) is 33.6 Å². The summed E-state index contributed by atoms with van der Waals surface area (Å²) in [5.74, 6) is 3.12. The van der Waals surface area contributed by atoms with E-state index in [2.05, 4.69) is 20.8 Å². The lowest BCUT2D eigenvalue weighted by Gasteiger charge is -2.37. The number of ether oxygens (including phenoxy) is 1. The molecule has 2 heteroatoms. The predicted octanol–water partition coefficient (Wildman–Crippen LogP) is 2.48. The molecular formula is C13H20O2. The van der Waals surface area contributed by atoms with Gasteiger partial charge in [0.25, 0.3) is 0 Å². The maximum absolute atomic E-state index is 11.6. The van der Waals surface area contributed by atoms with Gasteiger partial charge in [-0.05, 0) is 36.0 Å². The second-order valence-corrected chi connectivity index (χ2v) is 6.69. The summed E-state index contributed by atoms with van der Waals surface area (Å²) >= 11 is 0. The minimum absolute atomic E-state index is 0.0971. The van der Waals surface area contributed by atoms with Crippen molar-refractivity contribution in [3.8, 4) is 0 Å². The molecule has 1 saturated heterocycles. The van der Waals surface area contributed by atoms with Gasteiger partial charge in [-0.1, -0.05) is 20.8 Å². The molecule has 0 aromatic heterocycles. The Morgan fingerprint density at radius 1 is 1.20 bits per heavy atom. The molecule has 0 amide bonds. The minimum Gasteiger partial charge on any atom is -0.465 e. The number of fused-ring (bicyclic) bond motifs is 5. The highest BCUT2D eigenvalue weighted by atomic mass is 16.5. The van der Waals surface area contributed by atoms with E-state index >= 15 is 0 Å². The molecule has 0 spiro atoms. The quantitative estimate of drug-likeness (QED) is 0.572. The van der Waals surface area contributed by atoms with Crippen molar-refractivity contribution in [1.29, 1.82) is 0 Å². The molecule has 1 aliphatic heterocycles. The third kappa shape index (κ3) is 1.20. The van der Waals surface area contributed by atoms with Gasteiger partial charge in [-0.3, -0.25) is 4.79 Å². The van der Waals surface area contributed by atoms with Crippen molar-refractivity contribution in [3.05, 3.63) is 0 Å². The zero-order valence-corrected chi connectivity index (χ0v) is 9.82. The Labute approximate surface area is 91.4 Å². The molecule has 0 aromatic carbocycles. The van der Waals surface area contributed by atoms with Crippen LogP contribution in [-0.2, 0) is 9.53 Å². The fraction of sp³-hybridized carbons (Fsp3) is 0.923. The number of carbonyl (C=O) groups excluding carboxylic acids is 1. The average molecular weight is 208 g/mol. The van der Waals surface area contributed by atoms with Crippen molar-refractivity contribution < 1.29 is 9.53 Å². The maximum atomic E-state index is 11.6. The van der Waals surface area contributed by atoms with Gasteiger partial charge in [0.05, 0.1) is 12.5 Å². The minimum atomic E-state index is 0.0971. The van der Waals surface area contributed by atoms with Gasteiger partial charge < -0.3 is 4.74 Å². The number of cyclic esters (lactones) is 1. The standard InChI is InChI=1S/C13H20O2/c1-13(2,3)10-5-7-4-8(10)9-6-15-12(14)11(7)9/h7-11H,4-6H2,1-3H3. The summed E-state index contributed by atoms with van der Waals surface area (Å²) in [6.45, 7) is 7.72. The van der Waals surface area contributed by atoms with Crippen LogP contribution in [0.4, 0.5) is 0 Å². The second kappa shape index (κ2) is 2.78. The van der Waals surface area contributed by atoms with Crippen LogP contribution >= 0.6 is 0 Å². The first kappa shape index (κ1) is 9.68. The third-order valence-corrected chi connectivity index (χ3v) is 4.97. The lowest BCUT2D eigenvalue weighted by atomic mass is 9.66. The SMILES string of the molecule is CC(C)(C)C1CC2CC1C1COC(=O)C21. The summed E-state index contributed by atoms with van der Waals surface area (Å²) in [5.41, 5.74) is 0.399. The van der Waals surface area contributed by atoms with E-state index in [1.54, 1.807) is 0 Å². The lowest BCUT2D eigenvalue weighted by molar-refractivity contribution is -0.142. The van der Waals surface area contributed by atoms with E-state index < -0.39 is 0 Å². The van der Waals surface area contributed by atoms with Gasteiger partial charge in [0.2, 0.25) is 0 Å². The first-order valence-electron chi connectivity index (χ1n) is 6.15. The molecular weight excluding hydrogens is 188 g/mol. The first-order chi connectivity index (χ1) is 6.98. The molecule has 2 saturated carbocycles. The van der Waals surface area contributed by atoms with Gasteiger partial charge in [0, 0.05) is 5.92 Å². The summed E-state index contributed by atoms with van der Waals surface area (Å²) in [4.78, 5) is 11.6. The monoisotopic (exact) mass is 208 g/mol. The summed E-state index contributed by atoms with van der Waals surface area (Å²) in [5, 5.41) is 0. The Hall–Kier alpha value is -0.530. The van der Waals surface area contributed by atoms with Crippen LogP contribution in [0, 0.1) is 35.0 Å². The number of hydrogen-bond acceptors (Lipinski definition) is 2. The Morgan fingerprint density at radius 2 is 1.93 bits per heavy atom. The second-order valence-electron chi connectivity index (χ2n) is 6.69. The highest BCUT2D eigenvalue weighted by Crippen LogP contribution is 2.61. The highest BCUT2D eigenvalue weighted by Gasteiger charge is 2.60. The van der Waals surface area contributed by atoms with Gasteiger partial charge in [0.15, 0.2) is 0 Å². The van der Waals surface area contributed by atoms with E-state index in [0.29, 0.717) is 23.9 Å². The van der Waals surface area contributed by atoms with Crippen molar-refractivity contribution in [2.75, 3.05) is 6.61 Å². The number of carbonyl (C=O) groups is 1. The Balaban J connectivity index is 1.86. The molecule has 2 bridgehead atoms. The molecule has 3 rings (SSSR count). The van der Waals surface area contributed by atoms with E-state index in [0.717, 1.165) is 11.8 Å². The van der Waals surface area contributed by atoms with E-state index in [4.69, 9.17) is 4.74 Å². The summed E-state index contributed by atoms with van der Waals surface area (Å²) in [7, 11) is 0. The van der Waals surface area contributed by atoms with Crippen LogP contribution in [0.2, 0.25) is 0 Å². The molecule has 0 aromatic rings. The molecule has 2 nitrogen and oxygen atoms in total. The molecule has 84 valence electrons.